The highest BCUT2D eigenvalue weighted by atomic mass is 19.1. The number of halogens is 1. The Morgan fingerprint density at radius 1 is 1.38 bits per heavy atom. The van der Waals surface area contributed by atoms with Gasteiger partial charge in [0.2, 0.25) is 5.91 Å². The molecule has 1 amide bonds. The summed E-state index contributed by atoms with van der Waals surface area (Å²) in [7, 11) is 0. The van der Waals surface area contributed by atoms with E-state index in [-0.39, 0.29) is 17.8 Å². The van der Waals surface area contributed by atoms with E-state index in [0.29, 0.717) is 6.04 Å². The summed E-state index contributed by atoms with van der Waals surface area (Å²) in [6.45, 7) is 0. The van der Waals surface area contributed by atoms with Gasteiger partial charge in [0.1, 0.15) is 11.9 Å². The van der Waals surface area contributed by atoms with E-state index in [1.54, 1.807) is 11.0 Å². The summed E-state index contributed by atoms with van der Waals surface area (Å²) < 4.78 is 13.1. The first-order chi connectivity index (χ1) is 7.68. The molecule has 0 unspecified atom stereocenters. The van der Waals surface area contributed by atoms with Crippen molar-refractivity contribution in [1.82, 2.24) is 4.90 Å². The van der Waals surface area contributed by atoms with Gasteiger partial charge in [-0.25, -0.2) is 4.39 Å². The number of carbonyl (C=O) groups excluding carboxylic acids is 1. The van der Waals surface area contributed by atoms with Gasteiger partial charge in [-0.05, 0) is 30.5 Å². The predicted octanol–water partition coefficient (Wildman–Crippen LogP) is 1.20. The maximum Gasteiger partial charge on any atom is 0.242 e. The van der Waals surface area contributed by atoms with Crippen LogP contribution in [-0.2, 0) is 4.79 Å². The van der Waals surface area contributed by atoms with Crippen molar-refractivity contribution in [2.75, 3.05) is 0 Å². The number of β-lactam (4-membered cyclic amide) rings is 1. The topological polar surface area (TPSA) is 46.3 Å². The first-order valence-corrected chi connectivity index (χ1v) is 5.51. The summed E-state index contributed by atoms with van der Waals surface area (Å²) in [5.41, 5.74) is 6.60. The first-order valence-electron chi connectivity index (χ1n) is 5.51. The molecule has 3 rings (SSSR count). The number of rotatable bonds is 2. The zero-order chi connectivity index (χ0) is 11.3. The van der Waals surface area contributed by atoms with Crippen molar-refractivity contribution in [2.45, 2.75) is 31.0 Å². The maximum absolute atomic E-state index is 13.1. The molecule has 3 nitrogen and oxygen atoms in total. The van der Waals surface area contributed by atoms with Crippen molar-refractivity contribution >= 4 is 5.91 Å². The Labute approximate surface area is 93.0 Å². The molecule has 0 aromatic heterocycles. The van der Waals surface area contributed by atoms with Gasteiger partial charge in [0.25, 0.3) is 0 Å². The summed E-state index contributed by atoms with van der Waals surface area (Å²) in [5.74, 6) is -0.281. The molecular weight excluding hydrogens is 207 g/mol. The molecule has 84 valence electrons. The van der Waals surface area contributed by atoms with Crippen molar-refractivity contribution < 1.29 is 9.18 Å². The van der Waals surface area contributed by atoms with Crippen molar-refractivity contribution in [3.8, 4) is 0 Å². The first kappa shape index (κ1) is 9.78. The molecule has 16 heavy (non-hydrogen) atoms. The van der Waals surface area contributed by atoms with Crippen LogP contribution >= 0.6 is 0 Å². The largest absolute Gasteiger partial charge is 0.329 e. The Hall–Kier alpha value is -1.42. The molecule has 1 aromatic carbocycles. The Kier molecular flexibility index (Phi) is 2.01. The van der Waals surface area contributed by atoms with E-state index in [1.807, 2.05) is 6.07 Å². The summed E-state index contributed by atoms with van der Waals surface area (Å²) >= 11 is 0. The second-order valence-electron chi connectivity index (χ2n) is 4.50. The van der Waals surface area contributed by atoms with Crippen molar-refractivity contribution in [1.29, 1.82) is 0 Å². The van der Waals surface area contributed by atoms with E-state index in [2.05, 4.69) is 0 Å². The third-order valence-corrected chi connectivity index (χ3v) is 3.31. The number of carbonyl (C=O) groups is 1. The fourth-order valence-corrected chi connectivity index (χ4v) is 2.35. The molecule has 0 radical (unpaired) electrons. The zero-order valence-corrected chi connectivity index (χ0v) is 8.77. The molecule has 2 atom stereocenters. The highest BCUT2D eigenvalue weighted by Crippen LogP contribution is 2.42. The average Bonchev–Trinajstić information content (AvgIpc) is 3.08. The van der Waals surface area contributed by atoms with Crippen LogP contribution in [0.4, 0.5) is 4.39 Å². The number of nitrogens with two attached hydrogens (primary N) is 1. The van der Waals surface area contributed by atoms with Gasteiger partial charge < -0.3 is 10.6 Å². The highest BCUT2D eigenvalue weighted by Gasteiger charge is 2.51. The number of nitrogens with zero attached hydrogens (tertiary/aromatic N) is 1. The summed E-state index contributed by atoms with van der Waals surface area (Å²) in [5, 5.41) is 0. The molecule has 1 aromatic rings. The fourth-order valence-electron chi connectivity index (χ4n) is 2.35. The summed E-state index contributed by atoms with van der Waals surface area (Å²) in [6, 6.07) is 6.06. The van der Waals surface area contributed by atoms with Crippen LogP contribution in [0.15, 0.2) is 24.3 Å². The van der Waals surface area contributed by atoms with Crippen molar-refractivity contribution in [2.24, 2.45) is 5.73 Å². The highest BCUT2D eigenvalue weighted by molar-refractivity contribution is 5.90. The Balaban J connectivity index is 1.90. The van der Waals surface area contributed by atoms with Crippen LogP contribution in [0, 0.1) is 5.82 Å². The SMILES string of the molecule is N[C@@H]1C(=O)N(C2CC2)[C@@H]1c1cccc(F)c1. The minimum atomic E-state index is -0.498. The third kappa shape index (κ3) is 1.33. The van der Waals surface area contributed by atoms with E-state index < -0.39 is 6.04 Å². The molecule has 1 aliphatic carbocycles. The van der Waals surface area contributed by atoms with Gasteiger partial charge in [-0.1, -0.05) is 12.1 Å². The van der Waals surface area contributed by atoms with Crippen LogP contribution in [0.25, 0.3) is 0 Å². The lowest BCUT2D eigenvalue weighted by molar-refractivity contribution is -0.150. The average molecular weight is 220 g/mol. The van der Waals surface area contributed by atoms with E-state index in [0.717, 1.165) is 18.4 Å². The lowest BCUT2D eigenvalue weighted by atomic mass is 9.89. The lowest BCUT2D eigenvalue weighted by Gasteiger charge is -2.46. The second-order valence-corrected chi connectivity index (χ2v) is 4.50. The minimum absolute atomic E-state index is 0.00300. The van der Waals surface area contributed by atoms with Gasteiger partial charge in [-0.3, -0.25) is 4.79 Å². The Bertz CT molecular complexity index is 444. The molecule has 0 spiro atoms. The van der Waals surface area contributed by atoms with Crippen LogP contribution < -0.4 is 5.73 Å². The standard InChI is InChI=1S/C12H13FN2O/c13-8-3-1-2-7(6-8)11-10(14)12(16)15(11)9-4-5-9/h1-3,6,9-11H,4-5,14H2/t10-,11+/m0/s1. The number of likely N-dealkylation sites (tertiary alicyclic amines) is 1. The fraction of sp³-hybridized carbons (Fsp3) is 0.417. The molecule has 1 heterocycles. The smallest absolute Gasteiger partial charge is 0.242 e. The lowest BCUT2D eigenvalue weighted by Crippen LogP contribution is -2.63. The molecule has 2 fully saturated rings. The number of benzene rings is 1. The van der Waals surface area contributed by atoms with Crippen molar-refractivity contribution in [3.63, 3.8) is 0 Å². The van der Waals surface area contributed by atoms with E-state index in [9.17, 15) is 9.18 Å². The molecule has 0 bridgehead atoms. The normalized spacial score (nSPS) is 29.1. The molecule has 4 heteroatoms. The Morgan fingerprint density at radius 3 is 2.75 bits per heavy atom. The van der Waals surface area contributed by atoms with Crippen LogP contribution in [-0.4, -0.2) is 22.9 Å². The molecular formula is C12H13FN2O. The van der Waals surface area contributed by atoms with Gasteiger partial charge in [0, 0.05) is 6.04 Å². The summed E-state index contributed by atoms with van der Waals surface area (Å²) in [6.07, 6.45) is 2.09. The van der Waals surface area contributed by atoms with E-state index >= 15 is 0 Å². The number of amides is 1. The van der Waals surface area contributed by atoms with Crippen molar-refractivity contribution in [3.05, 3.63) is 35.6 Å². The van der Waals surface area contributed by atoms with Gasteiger partial charge >= 0.3 is 0 Å². The monoisotopic (exact) mass is 220 g/mol. The third-order valence-electron chi connectivity index (χ3n) is 3.31. The van der Waals surface area contributed by atoms with Gasteiger partial charge in [-0.2, -0.15) is 0 Å². The number of hydrogen-bond acceptors (Lipinski definition) is 2. The quantitative estimate of drug-likeness (QED) is 0.761. The minimum Gasteiger partial charge on any atom is -0.329 e. The predicted molar refractivity (Wildman–Crippen MR) is 57.0 cm³/mol. The molecule has 1 saturated carbocycles. The summed E-state index contributed by atoms with van der Waals surface area (Å²) in [4.78, 5) is 13.4. The van der Waals surface area contributed by atoms with E-state index in [4.69, 9.17) is 5.73 Å². The van der Waals surface area contributed by atoms with Crippen LogP contribution in [0.1, 0.15) is 24.4 Å². The van der Waals surface area contributed by atoms with Crippen LogP contribution in [0.2, 0.25) is 0 Å². The zero-order valence-electron chi connectivity index (χ0n) is 8.77. The van der Waals surface area contributed by atoms with Crippen LogP contribution in [0.5, 0.6) is 0 Å². The van der Waals surface area contributed by atoms with E-state index in [1.165, 1.54) is 12.1 Å². The molecule has 1 aliphatic heterocycles. The maximum atomic E-state index is 13.1. The second kappa shape index (κ2) is 3.28. The van der Waals surface area contributed by atoms with Gasteiger partial charge in [-0.15, -0.1) is 0 Å². The van der Waals surface area contributed by atoms with Crippen LogP contribution in [0.3, 0.4) is 0 Å². The van der Waals surface area contributed by atoms with Gasteiger partial charge in [0.15, 0.2) is 0 Å². The Morgan fingerprint density at radius 2 is 2.12 bits per heavy atom. The molecule has 1 saturated heterocycles. The molecule has 2 aliphatic rings. The number of hydrogen-bond donors (Lipinski definition) is 1. The van der Waals surface area contributed by atoms with Gasteiger partial charge in [0.05, 0.1) is 6.04 Å². The molecule has 2 N–H and O–H groups in total.